The first-order valence-corrected chi connectivity index (χ1v) is 12.3. The van der Waals surface area contributed by atoms with E-state index in [4.69, 9.17) is 13.9 Å². The lowest BCUT2D eigenvalue weighted by atomic mass is 9.90. The van der Waals surface area contributed by atoms with Crippen molar-refractivity contribution in [3.05, 3.63) is 35.9 Å². The van der Waals surface area contributed by atoms with Gasteiger partial charge in [0.25, 0.3) is 0 Å². The number of ether oxygens (including phenoxy) is 2. The van der Waals surface area contributed by atoms with Crippen LogP contribution in [0.2, 0.25) is 19.6 Å². The molecule has 0 radical (unpaired) electrons. The van der Waals surface area contributed by atoms with Gasteiger partial charge < -0.3 is 13.9 Å². The summed E-state index contributed by atoms with van der Waals surface area (Å²) in [6, 6.07) is 7.74. The minimum Gasteiger partial charge on any atom is -0.497 e. The molecule has 1 rings (SSSR count). The van der Waals surface area contributed by atoms with Crippen LogP contribution in [0.15, 0.2) is 30.3 Å². The van der Waals surface area contributed by atoms with Crippen molar-refractivity contribution < 1.29 is 18.7 Å². The normalized spacial score (nSPS) is 13.8. The van der Waals surface area contributed by atoms with E-state index in [1.165, 1.54) is 0 Å². The molecule has 1 atom stereocenters. The SMILES string of the molecule is CCOC(=O)C#CC(/C=C/c1ccc(OC)cc1)(O[Si](C)(C)C)C(C)C. The molecule has 26 heavy (non-hydrogen) atoms. The van der Waals surface area contributed by atoms with Gasteiger partial charge in [0.15, 0.2) is 8.32 Å². The molecule has 0 aliphatic carbocycles. The van der Waals surface area contributed by atoms with Crippen molar-refractivity contribution in [2.45, 2.75) is 46.0 Å². The van der Waals surface area contributed by atoms with E-state index >= 15 is 0 Å². The van der Waals surface area contributed by atoms with Crippen LogP contribution in [-0.2, 0) is 14.0 Å². The second-order valence-corrected chi connectivity index (χ2v) is 11.7. The largest absolute Gasteiger partial charge is 0.497 e. The number of methoxy groups -OCH3 is 1. The van der Waals surface area contributed by atoms with Crippen LogP contribution < -0.4 is 4.74 Å². The molecular formula is C21H30O4Si. The van der Waals surface area contributed by atoms with E-state index in [2.05, 4.69) is 31.5 Å². The average molecular weight is 375 g/mol. The molecule has 5 heteroatoms. The van der Waals surface area contributed by atoms with Crippen LogP contribution in [0.5, 0.6) is 5.75 Å². The minimum atomic E-state index is -1.92. The number of carbonyl (C=O) groups excluding carboxylic acids is 1. The molecule has 0 aliphatic heterocycles. The Morgan fingerprint density at radius 1 is 1.23 bits per heavy atom. The van der Waals surface area contributed by atoms with Crippen LogP contribution in [0, 0.1) is 17.8 Å². The molecule has 0 spiro atoms. The Bertz CT molecular complexity index is 675. The zero-order valence-corrected chi connectivity index (χ0v) is 17.9. The van der Waals surface area contributed by atoms with Gasteiger partial charge in [0.1, 0.15) is 11.4 Å². The van der Waals surface area contributed by atoms with E-state index in [-0.39, 0.29) is 5.92 Å². The molecule has 0 aliphatic rings. The van der Waals surface area contributed by atoms with Crippen LogP contribution in [0.25, 0.3) is 6.08 Å². The zero-order valence-electron chi connectivity index (χ0n) is 16.9. The Morgan fingerprint density at radius 3 is 2.31 bits per heavy atom. The van der Waals surface area contributed by atoms with E-state index in [0.29, 0.717) is 6.61 Å². The highest BCUT2D eigenvalue weighted by Crippen LogP contribution is 2.29. The van der Waals surface area contributed by atoms with Crippen molar-refractivity contribution in [2.75, 3.05) is 13.7 Å². The van der Waals surface area contributed by atoms with Crippen LogP contribution in [0.3, 0.4) is 0 Å². The van der Waals surface area contributed by atoms with E-state index in [9.17, 15) is 4.79 Å². The summed E-state index contributed by atoms with van der Waals surface area (Å²) in [7, 11) is -0.284. The number of rotatable bonds is 7. The van der Waals surface area contributed by atoms with Crippen molar-refractivity contribution in [2.24, 2.45) is 5.92 Å². The van der Waals surface area contributed by atoms with E-state index in [0.717, 1.165) is 11.3 Å². The predicted octanol–water partition coefficient (Wildman–Crippen LogP) is 4.52. The molecule has 0 bridgehead atoms. The summed E-state index contributed by atoms with van der Waals surface area (Å²) in [6.07, 6.45) is 3.92. The number of esters is 1. The van der Waals surface area contributed by atoms with Gasteiger partial charge in [-0.05, 0) is 56.3 Å². The average Bonchev–Trinajstić information content (AvgIpc) is 2.57. The molecule has 0 N–H and O–H groups in total. The monoisotopic (exact) mass is 374 g/mol. The highest BCUT2D eigenvalue weighted by atomic mass is 28.4. The van der Waals surface area contributed by atoms with Gasteiger partial charge in [-0.3, -0.25) is 0 Å². The Morgan fingerprint density at radius 2 is 1.85 bits per heavy atom. The van der Waals surface area contributed by atoms with Crippen molar-refractivity contribution in [3.63, 3.8) is 0 Å². The summed E-state index contributed by atoms with van der Waals surface area (Å²) in [5, 5.41) is 0. The minimum absolute atomic E-state index is 0.0608. The molecule has 0 saturated heterocycles. The quantitative estimate of drug-likeness (QED) is 0.305. The van der Waals surface area contributed by atoms with Gasteiger partial charge in [-0.25, -0.2) is 4.79 Å². The van der Waals surface area contributed by atoms with Crippen LogP contribution in [0.1, 0.15) is 26.3 Å². The second kappa shape index (κ2) is 9.61. The smallest absolute Gasteiger partial charge is 0.384 e. The summed E-state index contributed by atoms with van der Waals surface area (Å²) < 4.78 is 16.6. The molecule has 0 fully saturated rings. The maximum absolute atomic E-state index is 11.7. The van der Waals surface area contributed by atoms with E-state index in [1.807, 2.05) is 50.3 Å². The first-order valence-electron chi connectivity index (χ1n) is 8.85. The summed E-state index contributed by atoms with van der Waals surface area (Å²) in [5.41, 5.74) is 0.157. The Labute approximate surface area is 158 Å². The molecule has 1 aromatic rings. The number of hydrogen-bond donors (Lipinski definition) is 0. The van der Waals surface area contributed by atoms with Crippen LogP contribution in [-0.4, -0.2) is 33.6 Å². The van der Waals surface area contributed by atoms with Crippen molar-refractivity contribution in [1.82, 2.24) is 0 Å². The number of hydrogen-bond acceptors (Lipinski definition) is 4. The molecule has 0 aromatic heterocycles. The van der Waals surface area contributed by atoms with Gasteiger partial charge in [-0.1, -0.05) is 38.0 Å². The topological polar surface area (TPSA) is 44.8 Å². The maximum atomic E-state index is 11.7. The lowest BCUT2D eigenvalue weighted by Crippen LogP contribution is -2.44. The fraction of sp³-hybridized carbons (Fsp3) is 0.476. The van der Waals surface area contributed by atoms with Crippen molar-refractivity contribution in [1.29, 1.82) is 0 Å². The molecule has 1 aromatic carbocycles. The third-order valence-electron chi connectivity index (χ3n) is 3.61. The predicted molar refractivity (Wildman–Crippen MR) is 108 cm³/mol. The Kier molecular flexibility index (Phi) is 8.13. The molecule has 0 amide bonds. The molecular weight excluding hydrogens is 344 g/mol. The maximum Gasteiger partial charge on any atom is 0.384 e. The Hall–Kier alpha value is -2.03. The standard InChI is InChI=1S/C21H30O4Si/c1-8-24-20(22)14-16-21(17(2)3,25-26(5,6)7)15-13-18-9-11-19(23-4)12-10-18/h9-13,15,17H,8H2,1-7H3/b15-13+. The zero-order chi connectivity index (χ0) is 19.8. The third-order valence-corrected chi connectivity index (χ3v) is 4.56. The lowest BCUT2D eigenvalue weighted by molar-refractivity contribution is -0.136. The molecule has 0 heterocycles. The third kappa shape index (κ3) is 7.07. The number of benzene rings is 1. The molecule has 0 saturated carbocycles. The van der Waals surface area contributed by atoms with Gasteiger partial charge >= 0.3 is 5.97 Å². The van der Waals surface area contributed by atoms with Gasteiger partial charge in [0.05, 0.1) is 13.7 Å². The van der Waals surface area contributed by atoms with E-state index in [1.54, 1.807) is 14.0 Å². The molecule has 4 nitrogen and oxygen atoms in total. The highest BCUT2D eigenvalue weighted by molar-refractivity contribution is 6.69. The first-order chi connectivity index (χ1) is 12.1. The van der Waals surface area contributed by atoms with Gasteiger partial charge in [-0.2, -0.15) is 0 Å². The first kappa shape index (κ1) is 22.0. The van der Waals surface area contributed by atoms with Crippen molar-refractivity contribution >= 4 is 20.4 Å². The second-order valence-electron chi connectivity index (χ2n) is 7.24. The van der Waals surface area contributed by atoms with Crippen LogP contribution >= 0.6 is 0 Å². The van der Waals surface area contributed by atoms with Crippen LogP contribution in [0.4, 0.5) is 0 Å². The highest BCUT2D eigenvalue weighted by Gasteiger charge is 2.35. The van der Waals surface area contributed by atoms with Gasteiger partial charge in [0, 0.05) is 5.92 Å². The summed E-state index contributed by atoms with van der Waals surface area (Å²) in [5.74, 6) is 5.97. The molecule has 142 valence electrons. The van der Waals surface area contributed by atoms with Crippen molar-refractivity contribution in [3.8, 4) is 17.6 Å². The Balaban J connectivity index is 3.26. The lowest BCUT2D eigenvalue weighted by Gasteiger charge is -2.36. The number of carbonyl (C=O) groups is 1. The van der Waals surface area contributed by atoms with Gasteiger partial charge in [-0.15, -0.1) is 0 Å². The van der Waals surface area contributed by atoms with Gasteiger partial charge in [0.2, 0.25) is 0 Å². The molecule has 1 unspecified atom stereocenters. The summed E-state index contributed by atoms with van der Waals surface area (Å²) >= 11 is 0. The summed E-state index contributed by atoms with van der Waals surface area (Å²) in [4.78, 5) is 11.7. The van der Waals surface area contributed by atoms with E-state index < -0.39 is 19.9 Å². The summed E-state index contributed by atoms with van der Waals surface area (Å²) in [6.45, 7) is 12.5. The fourth-order valence-electron chi connectivity index (χ4n) is 2.31. The fourth-order valence-corrected chi connectivity index (χ4v) is 3.68.